The Balaban J connectivity index is 4.46. The molecule has 0 fully saturated rings. The molecule has 0 rings (SSSR count). The van der Waals surface area contributed by atoms with Crippen LogP contribution in [0.1, 0.15) is 329 Å². The van der Waals surface area contributed by atoms with Crippen LogP contribution >= 0.6 is 0 Å². The monoisotopic (exact) mass is 835 g/mol. The van der Waals surface area contributed by atoms with Crippen LogP contribution in [0.25, 0.3) is 0 Å². The minimum Gasteiger partial charge on any atom is -0.390 e. The third kappa shape index (κ3) is 37.8. The molecule has 0 aromatic heterocycles. The molecule has 0 saturated carbocycles. The fraction of sp³-hybridized carbons (Fsp3) is 0.982. The molecule has 0 aromatic carbocycles. The van der Waals surface area contributed by atoms with Crippen molar-refractivity contribution in [1.82, 2.24) is 0 Å². The van der Waals surface area contributed by atoms with E-state index in [4.69, 9.17) is 0 Å². The molecule has 59 heavy (non-hydrogen) atoms. The van der Waals surface area contributed by atoms with Crippen molar-refractivity contribution in [2.45, 2.75) is 347 Å². The number of hydrogen-bond acceptors (Lipinski definition) is 4. The minimum absolute atomic E-state index is 0.250. The predicted octanol–water partition coefficient (Wildman–Crippen LogP) is 17.8. The van der Waals surface area contributed by atoms with Crippen LogP contribution in [-0.2, 0) is 4.79 Å². The van der Waals surface area contributed by atoms with Gasteiger partial charge < -0.3 is 15.3 Å². The highest BCUT2D eigenvalue weighted by molar-refractivity contribution is 5.88. The summed E-state index contributed by atoms with van der Waals surface area (Å²) in [6.45, 7) is 6.84. The van der Waals surface area contributed by atoms with Gasteiger partial charge in [0.2, 0.25) is 0 Å². The van der Waals surface area contributed by atoms with Crippen LogP contribution in [0.15, 0.2) is 0 Å². The molecule has 0 aromatic rings. The first-order valence-electron chi connectivity index (χ1n) is 27.6. The zero-order chi connectivity index (χ0) is 43.2. The predicted molar refractivity (Wildman–Crippen MR) is 261 cm³/mol. The third-order valence-electron chi connectivity index (χ3n) is 13.6. The maximum Gasteiger partial charge on any atom is 0.174 e. The molecule has 0 spiro atoms. The summed E-state index contributed by atoms with van der Waals surface area (Å²) < 4.78 is 0. The van der Waals surface area contributed by atoms with E-state index in [1.54, 1.807) is 0 Å². The van der Waals surface area contributed by atoms with Crippen molar-refractivity contribution < 1.29 is 20.1 Å². The molecule has 3 N–H and O–H groups in total. The Morgan fingerprint density at radius 2 is 0.475 bits per heavy atom. The van der Waals surface area contributed by atoms with E-state index in [-0.39, 0.29) is 12.2 Å². The summed E-state index contributed by atoms with van der Waals surface area (Å²) in [5.74, 6) is -0.339. The number of aliphatic hydroxyl groups is 3. The van der Waals surface area contributed by atoms with Gasteiger partial charge in [-0.2, -0.15) is 0 Å². The lowest BCUT2D eigenvalue weighted by Crippen LogP contribution is -2.58. The third-order valence-corrected chi connectivity index (χ3v) is 13.6. The Morgan fingerprint density at radius 1 is 0.305 bits per heavy atom. The number of Topliss-reactive ketones (excluding diaryl/α,β-unsaturated/α-hetero) is 1. The van der Waals surface area contributed by atoms with Crippen molar-refractivity contribution >= 4 is 5.78 Å². The molecular formula is C55H110O4. The van der Waals surface area contributed by atoms with Crippen LogP contribution < -0.4 is 0 Å². The molecule has 2 atom stereocenters. The van der Waals surface area contributed by atoms with Crippen molar-refractivity contribution in [2.75, 3.05) is 0 Å². The molecule has 0 aliphatic heterocycles. The Bertz CT molecular complexity index is 771. The largest absolute Gasteiger partial charge is 0.390 e. The molecule has 2 unspecified atom stereocenters. The van der Waals surface area contributed by atoms with E-state index in [9.17, 15) is 20.1 Å². The Hall–Kier alpha value is -0.450. The number of ketones is 1. The average molecular weight is 835 g/mol. The summed E-state index contributed by atoms with van der Waals surface area (Å²) in [5.41, 5.74) is -2.04. The van der Waals surface area contributed by atoms with Crippen LogP contribution in [0.4, 0.5) is 0 Å². The molecule has 0 aliphatic carbocycles. The van der Waals surface area contributed by atoms with Crippen molar-refractivity contribution in [3.8, 4) is 0 Å². The molecule has 4 nitrogen and oxygen atoms in total. The van der Waals surface area contributed by atoms with Gasteiger partial charge in [0.25, 0.3) is 0 Å². The number of unbranched alkanes of at least 4 members (excludes halogenated alkanes) is 42. The summed E-state index contributed by atoms with van der Waals surface area (Å²) in [4.78, 5) is 13.6. The summed E-state index contributed by atoms with van der Waals surface area (Å²) in [7, 11) is 0. The van der Waals surface area contributed by atoms with Crippen LogP contribution in [-0.4, -0.2) is 38.9 Å². The average Bonchev–Trinajstić information content (AvgIpc) is 3.24. The normalized spacial score (nSPS) is 13.9. The fourth-order valence-electron chi connectivity index (χ4n) is 9.31. The van der Waals surface area contributed by atoms with E-state index < -0.39 is 17.8 Å². The second kappa shape index (κ2) is 47.0. The Morgan fingerprint density at radius 3 is 0.678 bits per heavy atom. The van der Waals surface area contributed by atoms with E-state index in [0.29, 0.717) is 12.8 Å². The van der Waals surface area contributed by atoms with Crippen molar-refractivity contribution in [2.24, 2.45) is 0 Å². The van der Waals surface area contributed by atoms with Gasteiger partial charge >= 0.3 is 0 Å². The van der Waals surface area contributed by atoms with Gasteiger partial charge in [-0.25, -0.2) is 0 Å². The number of carbonyl (C=O) groups is 1. The fourth-order valence-corrected chi connectivity index (χ4v) is 9.31. The number of carbonyl (C=O) groups excluding carboxylic acids is 1. The van der Waals surface area contributed by atoms with E-state index in [0.717, 1.165) is 57.8 Å². The number of rotatable bonds is 51. The van der Waals surface area contributed by atoms with Gasteiger partial charge in [0.1, 0.15) is 0 Å². The molecule has 0 bridgehead atoms. The van der Waals surface area contributed by atoms with Gasteiger partial charge in [-0.15, -0.1) is 0 Å². The molecule has 0 saturated heterocycles. The summed E-state index contributed by atoms with van der Waals surface area (Å²) in [6, 6.07) is 0. The zero-order valence-corrected chi connectivity index (χ0v) is 40.8. The zero-order valence-electron chi connectivity index (χ0n) is 40.8. The lowest BCUT2D eigenvalue weighted by atomic mass is 9.79. The van der Waals surface area contributed by atoms with Crippen molar-refractivity contribution in [3.63, 3.8) is 0 Å². The van der Waals surface area contributed by atoms with E-state index in [1.165, 1.54) is 231 Å². The highest BCUT2D eigenvalue weighted by Gasteiger charge is 2.47. The molecule has 0 heterocycles. The minimum atomic E-state index is -2.04. The standard InChI is InChI=1S/C55H110O4/c1-4-7-10-13-16-19-22-25-27-29-32-35-38-41-44-47-50-53(57)55(59,52(56)49-46-43-40-37-34-31-24-21-18-15-12-9-6-3)54(58)51-48-45-42-39-36-33-30-28-26-23-20-17-14-11-8-5-2/h53-54,57-59H,4-51H2,1-3H3. The molecular weight excluding hydrogens is 725 g/mol. The van der Waals surface area contributed by atoms with Crippen LogP contribution in [0.2, 0.25) is 0 Å². The smallest absolute Gasteiger partial charge is 0.174 e. The van der Waals surface area contributed by atoms with Gasteiger partial charge in [-0.1, -0.05) is 303 Å². The highest BCUT2D eigenvalue weighted by atomic mass is 16.4. The first-order chi connectivity index (χ1) is 28.9. The Kier molecular flexibility index (Phi) is 46.7. The van der Waals surface area contributed by atoms with Gasteiger partial charge in [0, 0.05) is 6.42 Å². The maximum atomic E-state index is 13.6. The second-order valence-corrected chi connectivity index (χ2v) is 19.5. The highest BCUT2D eigenvalue weighted by Crippen LogP contribution is 2.29. The topological polar surface area (TPSA) is 77.8 Å². The SMILES string of the molecule is CCCCCCCCCCCCCCCCCCC(O)C(O)(C(=O)CCCCCCCCCCCCCCC)C(O)CCCCCCCCCCCCCCCCCC. The van der Waals surface area contributed by atoms with E-state index in [1.807, 2.05) is 0 Å². The molecule has 0 amide bonds. The summed E-state index contributed by atoms with van der Waals surface area (Å²) >= 11 is 0. The molecule has 0 aliphatic rings. The quantitative estimate of drug-likeness (QED) is 0.0534. The summed E-state index contributed by atoms with van der Waals surface area (Å²) in [6.07, 6.45) is 56.0. The van der Waals surface area contributed by atoms with Crippen molar-refractivity contribution in [3.05, 3.63) is 0 Å². The first-order valence-corrected chi connectivity index (χ1v) is 27.6. The van der Waals surface area contributed by atoms with Crippen LogP contribution in [0, 0.1) is 0 Å². The summed E-state index contributed by atoms with van der Waals surface area (Å²) in [5, 5.41) is 34.5. The van der Waals surface area contributed by atoms with Gasteiger partial charge in [0.15, 0.2) is 11.4 Å². The molecule has 0 radical (unpaired) electrons. The molecule has 4 heteroatoms. The van der Waals surface area contributed by atoms with Gasteiger partial charge in [-0.3, -0.25) is 4.79 Å². The Labute approximate surface area is 371 Å². The van der Waals surface area contributed by atoms with Crippen LogP contribution in [0.5, 0.6) is 0 Å². The van der Waals surface area contributed by atoms with Crippen molar-refractivity contribution in [1.29, 1.82) is 0 Å². The number of aliphatic hydroxyl groups excluding tert-OH is 2. The first kappa shape index (κ1) is 58.6. The molecule has 354 valence electrons. The van der Waals surface area contributed by atoms with E-state index in [2.05, 4.69) is 20.8 Å². The lowest BCUT2D eigenvalue weighted by molar-refractivity contribution is -0.174. The van der Waals surface area contributed by atoms with Gasteiger partial charge in [-0.05, 0) is 19.3 Å². The van der Waals surface area contributed by atoms with Gasteiger partial charge in [0.05, 0.1) is 12.2 Å². The lowest BCUT2D eigenvalue weighted by Gasteiger charge is -2.36. The number of hydrogen-bond donors (Lipinski definition) is 3. The van der Waals surface area contributed by atoms with E-state index >= 15 is 0 Å². The second-order valence-electron chi connectivity index (χ2n) is 19.5. The van der Waals surface area contributed by atoms with Crippen LogP contribution in [0.3, 0.4) is 0 Å². The maximum absolute atomic E-state index is 13.6.